The molecule has 0 radical (unpaired) electrons. The maximum atomic E-state index is 10.9. The van der Waals surface area contributed by atoms with Gasteiger partial charge in [-0.2, -0.15) is 0 Å². The van der Waals surface area contributed by atoms with Crippen LogP contribution in [0.15, 0.2) is 0 Å². The summed E-state index contributed by atoms with van der Waals surface area (Å²) in [5.41, 5.74) is 0. The summed E-state index contributed by atoms with van der Waals surface area (Å²) in [6.07, 6.45) is 3.14. The van der Waals surface area contributed by atoms with Crippen molar-refractivity contribution in [3.63, 3.8) is 0 Å². The van der Waals surface area contributed by atoms with Gasteiger partial charge in [0.25, 0.3) is 0 Å². The molecule has 1 aliphatic rings. The van der Waals surface area contributed by atoms with E-state index in [0.717, 1.165) is 25.9 Å². The molecule has 0 aromatic heterocycles. The van der Waals surface area contributed by atoms with Crippen LogP contribution in [0.3, 0.4) is 0 Å². The highest BCUT2D eigenvalue weighted by Gasteiger charge is 2.35. The molecule has 0 saturated heterocycles. The fourth-order valence-corrected chi connectivity index (χ4v) is 1.59. The van der Waals surface area contributed by atoms with Crippen molar-refractivity contribution < 1.29 is 14.6 Å². The third-order valence-electron chi connectivity index (χ3n) is 2.81. The van der Waals surface area contributed by atoms with Crippen LogP contribution in [0.5, 0.6) is 0 Å². The van der Waals surface area contributed by atoms with Gasteiger partial charge < -0.3 is 15.2 Å². The van der Waals surface area contributed by atoms with Crippen molar-refractivity contribution in [1.29, 1.82) is 0 Å². The Balaban J connectivity index is 1.98. The molecule has 0 amide bonds. The maximum Gasteiger partial charge on any atom is 0.320 e. The van der Waals surface area contributed by atoms with E-state index in [0.29, 0.717) is 25.0 Å². The lowest BCUT2D eigenvalue weighted by molar-refractivity contribution is -0.140. The highest BCUT2D eigenvalue weighted by atomic mass is 16.5. The quantitative estimate of drug-likeness (QED) is 0.588. The second-order valence-electron chi connectivity index (χ2n) is 4.90. The van der Waals surface area contributed by atoms with Gasteiger partial charge in [0.05, 0.1) is 6.61 Å². The van der Waals surface area contributed by atoms with Gasteiger partial charge in [-0.05, 0) is 31.1 Å². The third kappa shape index (κ3) is 5.47. The number of carbonyl (C=O) groups is 1. The Morgan fingerprint density at radius 3 is 2.62 bits per heavy atom. The highest BCUT2D eigenvalue weighted by Crippen LogP contribution is 2.32. The average Bonchev–Trinajstić information content (AvgIpc) is 2.99. The SMILES string of the molecule is CC(C)CCOCCNC(C(=O)O)C1CC1. The molecule has 4 heteroatoms. The topological polar surface area (TPSA) is 58.6 Å². The van der Waals surface area contributed by atoms with Crippen LogP contribution >= 0.6 is 0 Å². The van der Waals surface area contributed by atoms with E-state index in [2.05, 4.69) is 19.2 Å². The van der Waals surface area contributed by atoms with Crippen LogP contribution in [-0.4, -0.2) is 36.9 Å². The Kier molecular flexibility index (Phi) is 5.77. The summed E-state index contributed by atoms with van der Waals surface area (Å²) in [7, 11) is 0. The first-order valence-corrected chi connectivity index (χ1v) is 6.15. The van der Waals surface area contributed by atoms with Crippen molar-refractivity contribution in [2.24, 2.45) is 11.8 Å². The van der Waals surface area contributed by atoms with Crippen molar-refractivity contribution in [2.75, 3.05) is 19.8 Å². The zero-order valence-electron chi connectivity index (χ0n) is 10.2. The zero-order valence-corrected chi connectivity index (χ0v) is 10.2. The molecule has 0 aromatic rings. The molecule has 1 saturated carbocycles. The summed E-state index contributed by atoms with van der Waals surface area (Å²) >= 11 is 0. The molecule has 0 spiro atoms. The predicted molar refractivity (Wildman–Crippen MR) is 62.4 cm³/mol. The van der Waals surface area contributed by atoms with Crippen LogP contribution in [0.25, 0.3) is 0 Å². The molecular weight excluding hydrogens is 206 g/mol. The Morgan fingerprint density at radius 1 is 1.44 bits per heavy atom. The average molecular weight is 229 g/mol. The first kappa shape index (κ1) is 13.5. The first-order chi connectivity index (χ1) is 7.61. The number of hydrogen-bond acceptors (Lipinski definition) is 3. The van der Waals surface area contributed by atoms with E-state index in [9.17, 15) is 4.79 Å². The van der Waals surface area contributed by atoms with E-state index < -0.39 is 5.97 Å². The van der Waals surface area contributed by atoms with E-state index in [-0.39, 0.29) is 6.04 Å². The van der Waals surface area contributed by atoms with Crippen molar-refractivity contribution in [3.8, 4) is 0 Å². The minimum Gasteiger partial charge on any atom is -0.480 e. The number of rotatable bonds is 9. The number of carboxylic acids is 1. The number of hydrogen-bond donors (Lipinski definition) is 2. The van der Waals surface area contributed by atoms with E-state index in [4.69, 9.17) is 9.84 Å². The molecular formula is C12H23NO3. The fraction of sp³-hybridized carbons (Fsp3) is 0.917. The van der Waals surface area contributed by atoms with Gasteiger partial charge in [0.2, 0.25) is 0 Å². The predicted octanol–water partition coefficient (Wildman–Crippen LogP) is 1.50. The van der Waals surface area contributed by atoms with Crippen LogP contribution in [0, 0.1) is 11.8 Å². The Hall–Kier alpha value is -0.610. The Bertz CT molecular complexity index is 214. The first-order valence-electron chi connectivity index (χ1n) is 6.15. The number of ether oxygens (including phenoxy) is 1. The normalized spacial score (nSPS) is 17.7. The van der Waals surface area contributed by atoms with Gasteiger partial charge in [0.1, 0.15) is 6.04 Å². The highest BCUT2D eigenvalue weighted by molar-refractivity contribution is 5.74. The summed E-state index contributed by atoms with van der Waals surface area (Å²) in [6, 6.07) is -0.367. The van der Waals surface area contributed by atoms with Crippen LogP contribution < -0.4 is 5.32 Å². The van der Waals surface area contributed by atoms with Gasteiger partial charge in [-0.3, -0.25) is 4.79 Å². The summed E-state index contributed by atoms with van der Waals surface area (Å²) in [5, 5.41) is 12.0. The number of aliphatic carboxylic acids is 1. The Morgan fingerprint density at radius 2 is 2.12 bits per heavy atom. The lowest BCUT2D eigenvalue weighted by Crippen LogP contribution is -2.40. The van der Waals surface area contributed by atoms with Crippen LogP contribution in [0.1, 0.15) is 33.1 Å². The lowest BCUT2D eigenvalue weighted by Gasteiger charge is -2.13. The largest absolute Gasteiger partial charge is 0.480 e. The van der Waals surface area contributed by atoms with Crippen LogP contribution in [0.4, 0.5) is 0 Å². The Labute approximate surface area is 97.4 Å². The second kappa shape index (κ2) is 6.86. The van der Waals surface area contributed by atoms with Crippen molar-refractivity contribution in [2.45, 2.75) is 39.2 Å². The molecule has 94 valence electrons. The molecule has 1 aliphatic carbocycles. The molecule has 4 nitrogen and oxygen atoms in total. The molecule has 16 heavy (non-hydrogen) atoms. The summed E-state index contributed by atoms with van der Waals surface area (Å²) < 4.78 is 5.42. The molecule has 2 N–H and O–H groups in total. The fourth-order valence-electron chi connectivity index (χ4n) is 1.59. The van der Waals surface area contributed by atoms with Gasteiger partial charge in [-0.1, -0.05) is 13.8 Å². The van der Waals surface area contributed by atoms with E-state index >= 15 is 0 Å². The molecule has 1 unspecified atom stereocenters. The molecule has 1 atom stereocenters. The monoisotopic (exact) mass is 229 g/mol. The van der Waals surface area contributed by atoms with Crippen molar-refractivity contribution >= 4 is 5.97 Å². The zero-order chi connectivity index (χ0) is 12.0. The molecule has 0 heterocycles. The van der Waals surface area contributed by atoms with E-state index in [1.165, 1.54) is 0 Å². The van der Waals surface area contributed by atoms with Gasteiger partial charge in [-0.15, -0.1) is 0 Å². The minimum absolute atomic E-state index is 0.341. The van der Waals surface area contributed by atoms with Gasteiger partial charge in [0, 0.05) is 13.2 Å². The molecule has 0 aromatic carbocycles. The third-order valence-corrected chi connectivity index (χ3v) is 2.81. The molecule has 1 rings (SSSR count). The van der Waals surface area contributed by atoms with Crippen molar-refractivity contribution in [3.05, 3.63) is 0 Å². The van der Waals surface area contributed by atoms with Gasteiger partial charge in [0.15, 0.2) is 0 Å². The van der Waals surface area contributed by atoms with Crippen LogP contribution in [-0.2, 0) is 9.53 Å². The van der Waals surface area contributed by atoms with Gasteiger partial charge in [-0.25, -0.2) is 0 Å². The number of carboxylic acid groups (broad SMARTS) is 1. The van der Waals surface area contributed by atoms with E-state index in [1.807, 2.05) is 0 Å². The second-order valence-corrected chi connectivity index (χ2v) is 4.90. The maximum absolute atomic E-state index is 10.9. The molecule has 1 fully saturated rings. The van der Waals surface area contributed by atoms with Crippen LogP contribution in [0.2, 0.25) is 0 Å². The smallest absolute Gasteiger partial charge is 0.320 e. The standard InChI is InChI=1S/C12H23NO3/c1-9(2)5-7-16-8-6-13-11(12(14)15)10-3-4-10/h9-11,13H,3-8H2,1-2H3,(H,14,15). The van der Waals surface area contributed by atoms with Gasteiger partial charge >= 0.3 is 5.97 Å². The summed E-state index contributed by atoms with van der Waals surface area (Å²) in [6.45, 7) is 6.32. The molecule has 0 aliphatic heterocycles. The number of nitrogens with one attached hydrogen (secondary N) is 1. The van der Waals surface area contributed by atoms with E-state index in [1.54, 1.807) is 0 Å². The summed E-state index contributed by atoms with van der Waals surface area (Å²) in [4.78, 5) is 10.9. The molecule has 0 bridgehead atoms. The lowest BCUT2D eigenvalue weighted by atomic mass is 10.1. The minimum atomic E-state index is -0.732. The summed E-state index contributed by atoms with van der Waals surface area (Å²) in [5.74, 6) is 0.268. The van der Waals surface area contributed by atoms with Crippen molar-refractivity contribution in [1.82, 2.24) is 5.32 Å².